The lowest BCUT2D eigenvalue weighted by Gasteiger charge is -2.17. The van der Waals surface area contributed by atoms with E-state index in [1.54, 1.807) is 0 Å². The molecule has 0 aromatic carbocycles. The van der Waals surface area contributed by atoms with Gasteiger partial charge in [0.25, 0.3) is 0 Å². The highest BCUT2D eigenvalue weighted by Gasteiger charge is 2.14. The average molecular weight is 228 g/mol. The number of carbonyl (C=O) groups excluding carboxylic acids is 1. The number of carbonyl (C=O) groups is 1. The fraction of sp³-hybridized carbons (Fsp3) is 0.923. The van der Waals surface area contributed by atoms with Gasteiger partial charge in [-0.2, -0.15) is 0 Å². The van der Waals surface area contributed by atoms with Gasteiger partial charge in [0, 0.05) is 6.04 Å². The van der Waals surface area contributed by atoms with Crippen molar-refractivity contribution >= 4 is 5.91 Å². The van der Waals surface area contributed by atoms with Crippen molar-refractivity contribution in [1.82, 2.24) is 5.32 Å². The minimum Gasteiger partial charge on any atom is -0.352 e. The summed E-state index contributed by atoms with van der Waals surface area (Å²) < 4.78 is 0. The zero-order valence-corrected chi connectivity index (χ0v) is 11.1. The minimum atomic E-state index is -0.325. The maximum Gasteiger partial charge on any atom is 0.237 e. The van der Waals surface area contributed by atoms with Gasteiger partial charge in [0.05, 0.1) is 6.04 Å². The van der Waals surface area contributed by atoms with Gasteiger partial charge in [-0.3, -0.25) is 4.79 Å². The Morgan fingerprint density at radius 2 is 1.75 bits per heavy atom. The number of hydrogen-bond donors (Lipinski definition) is 2. The first-order valence-corrected chi connectivity index (χ1v) is 6.67. The smallest absolute Gasteiger partial charge is 0.237 e. The van der Waals surface area contributed by atoms with Crippen LogP contribution in [0.3, 0.4) is 0 Å². The Balaban J connectivity index is 3.67. The summed E-state index contributed by atoms with van der Waals surface area (Å²) in [6, 6.07) is -0.0692. The molecule has 0 radical (unpaired) electrons. The number of nitrogens with one attached hydrogen (secondary N) is 1. The molecule has 0 bridgehead atoms. The predicted octanol–water partition coefficient (Wildman–Crippen LogP) is 2.59. The summed E-state index contributed by atoms with van der Waals surface area (Å²) in [6.07, 6.45) is 7.61. The van der Waals surface area contributed by atoms with E-state index in [9.17, 15) is 4.79 Å². The van der Waals surface area contributed by atoms with E-state index in [0.717, 1.165) is 25.7 Å². The van der Waals surface area contributed by atoms with Crippen LogP contribution < -0.4 is 11.1 Å². The fourth-order valence-corrected chi connectivity index (χ4v) is 1.68. The van der Waals surface area contributed by atoms with Crippen LogP contribution in [0, 0.1) is 0 Å². The van der Waals surface area contributed by atoms with Crippen LogP contribution in [0.1, 0.15) is 65.7 Å². The number of unbranched alkanes of at least 4 members (excludes halogenated alkanes) is 3. The second kappa shape index (κ2) is 9.64. The van der Waals surface area contributed by atoms with E-state index in [0.29, 0.717) is 0 Å². The van der Waals surface area contributed by atoms with E-state index < -0.39 is 0 Å². The first-order valence-electron chi connectivity index (χ1n) is 6.67. The molecule has 2 atom stereocenters. The number of amides is 1. The second-order valence-electron chi connectivity index (χ2n) is 4.65. The van der Waals surface area contributed by atoms with Crippen LogP contribution in [0.4, 0.5) is 0 Å². The Morgan fingerprint density at radius 1 is 1.12 bits per heavy atom. The average Bonchev–Trinajstić information content (AvgIpc) is 2.26. The molecule has 0 saturated carbocycles. The molecular weight excluding hydrogens is 200 g/mol. The van der Waals surface area contributed by atoms with Crippen LogP contribution in [0.2, 0.25) is 0 Å². The highest BCUT2D eigenvalue weighted by Crippen LogP contribution is 2.04. The van der Waals surface area contributed by atoms with Crippen molar-refractivity contribution in [3.8, 4) is 0 Å². The van der Waals surface area contributed by atoms with E-state index in [-0.39, 0.29) is 18.0 Å². The van der Waals surface area contributed by atoms with Crippen molar-refractivity contribution in [3.05, 3.63) is 0 Å². The van der Waals surface area contributed by atoms with E-state index in [4.69, 9.17) is 5.73 Å². The van der Waals surface area contributed by atoms with E-state index in [2.05, 4.69) is 26.1 Å². The number of hydrogen-bond acceptors (Lipinski definition) is 2. The summed E-state index contributed by atoms with van der Waals surface area (Å²) in [4.78, 5) is 11.7. The van der Waals surface area contributed by atoms with E-state index in [1.807, 2.05) is 0 Å². The molecule has 3 N–H and O–H groups in total. The molecule has 0 aromatic heterocycles. The molecule has 3 nitrogen and oxygen atoms in total. The number of rotatable bonds is 9. The maximum atomic E-state index is 11.7. The van der Waals surface area contributed by atoms with Crippen molar-refractivity contribution in [2.75, 3.05) is 0 Å². The normalized spacial score (nSPS) is 14.5. The van der Waals surface area contributed by atoms with Gasteiger partial charge in [-0.05, 0) is 19.8 Å². The molecule has 0 aromatic rings. The standard InChI is InChI=1S/C13H28N2O/c1-4-6-8-9-11(3)15-13(16)12(14)10-7-5-2/h11-12H,4-10,14H2,1-3H3,(H,15,16)/t11?,12-/m0/s1. The molecule has 96 valence electrons. The summed E-state index contributed by atoms with van der Waals surface area (Å²) >= 11 is 0. The molecule has 0 aliphatic rings. The lowest BCUT2D eigenvalue weighted by molar-refractivity contribution is -0.123. The van der Waals surface area contributed by atoms with Gasteiger partial charge < -0.3 is 11.1 Å². The van der Waals surface area contributed by atoms with Gasteiger partial charge in [0.2, 0.25) is 5.91 Å². The minimum absolute atomic E-state index is 0.0115. The van der Waals surface area contributed by atoms with Gasteiger partial charge in [0.15, 0.2) is 0 Å². The van der Waals surface area contributed by atoms with E-state index in [1.165, 1.54) is 19.3 Å². The molecule has 0 rings (SSSR count). The molecule has 0 spiro atoms. The van der Waals surface area contributed by atoms with Crippen molar-refractivity contribution in [2.45, 2.75) is 77.8 Å². The Labute approximate surface area is 100 Å². The third-order valence-electron chi connectivity index (χ3n) is 2.83. The lowest BCUT2D eigenvalue weighted by Crippen LogP contribution is -2.44. The molecule has 16 heavy (non-hydrogen) atoms. The summed E-state index contributed by atoms with van der Waals surface area (Å²) in [5.74, 6) is 0.0115. The van der Waals surface area contributed by atoms with Crippen molar-refractivity contribution in [3.63, 3.8) is 0 Å². The summed E-state index contributed by atoms with van der Waals surface area (Å²) in [6.45, 7) is 6.35. The lowest BCUT2D eigenvalue weighted by atomic mass is 10.1. The quantitative estimate of drug-likeness (QED) is 0.596. The van der Waals surface area contributed by atoms with Crippen LogP contribution in [0.25, 0.3) is 0 Å². The first-order chi connectivity index (χ1) is 7.61. The largest absolute Gasteiger partial charge is 0.352 e. The van der Waals surface area contributed by atoms with Crippen molar-refractivity contribution < 1.29 is 4.79 Å². The Hall–Kier alpha value is -0.570. The highest BCUT2D eigenvalue weighted by atomic mass is 16.2. The van der Waals surface area contributed by atoms with Gasteiger partial charge >= 0.3 is 0 Å². The molecule has 1 unspecified atom stereocenters. The van der Waals surface area contributed by atoms with Gasteiger partial charge in [-0.15, -0.1) is 0 Å². The monoisotopic (exact) mass is 228 g/mol. The van der Waals surface area contributed by atoms with Gasteiger partial charge in [0.1, 0.15) is 0 Å². The van der Waals surface area contributed by atoms with Crippen LogP contribution in [-0.4, -0.2) is 18.0 Å². The molecule has 1 amide bonds. The van der Waals surface area contributed by atoms with Gasteiger partial charge in [-0.1, -0.05) is 46.0 Å². The number of nitrogens with two attached hydrogens (primary N) is 1. The van der Waals surface area contributed by atoms with E-state index >= 15 is 0 Å². The zero-order chi connectivity index (χ0) is 12.4. The molecule has 0 aliphatic carbocycles. The summed E-state index contributed by atoms with van der Waals surface area (Å²) in [5, 5.41) is 2.98. The van der Waals surface area contributed by atoms with Crippen molar-refractivity contribution in [2.24, 2.45) is 5.73 Å². The van der Waals surface area contributed by atoms with Crippen LogP contribution in [0.5, 0.6) is 0 Å². The van der Waals surface area contributed by atoms with Crippen molar-refractivity contribution in [1.29, 1.82) is 0 Å². The summed E-state index contributed by atoms with van der Waals surface area (Å²) in [7, 11) is 0. The molecule has 0 fully saturated rings. The topological polar surface area (TPSA) is 55.1 Å². The second-order valence-corrected chi connectivity index (χ2v) is 4.65. The Kier molecular flexibility index (Phi) is 9.30. The third-order valence-corrected chi connectivity index (χ3v) is 2.83. The molecule has 0 heterocycles. The molecule has 0 aliphatic heterocycles. The zero-order valence-electron chi connectivity index (χ0n) is 11.1. The van der Waals surface area contributed by atoms with Crippen LogP contribution >= 0.6 is 0 Å². The summed E-state index contributed by atoms with van der Waals surface area (Å²) in [5.41, 5.74) is 5.79. The van der Waals surface area contributed by atoms with Crippen LogP contribution in [-0.2, 0) is 4.79 Å². The molecule has 0 saturated heterocycles. The maximum absolute atomic E-state index is 11.7. The molecular formula is C13H28N2O. The third kappa shape index (κ3) is 7.69. The van der Waals surface area contributed by atoms with Crippen LogP contribution in [0.15, 0.2) is 0 Å². The molecule has 3 heteroatoms. The Bertz CT molecular complexity index is 183. The highest BCUT2D eigenvalue weighted by molar-refractivity contribution is 5.81. The SMILES string of the molecule is CCCCCC(C)NC(=O)[C@@H](N)CCCC. The predicted molar refractivity (Wildman–Crippen MR) is 69.2 cm³/mol. The van der Waals surface area contributed by atoms with Gasteiger partial charge in [-0.25, -0.2) is 0 Å². The fourth-order valence-electron chi connectivity index (χ4n) is 1.68. The first kappa shape index (κ1) is 15.4. The Morgan fingerprint density at radius 3 is 2.31 bits per heavy atom.